The molecule has 1 fully saturated rings. The summed E-state index contributed by atoms with van der Waals surface area (Å²) in [6.45, 7) is 2.81. The number of amides is 1. The number of nitrogens with zero attached hydrogens (tertiary/aromatic N) is 5. The number of anilines is 2. The highest BCUT2D eigenvalue weighted by Gasteiger charge is 2.18. The molecule has 9 heteroatoms. The smallest absolute Gasteiger partial charge is 0.246 e. The van der Waals surface area contributed by atoms with E-state index >= 15 is 0 Å². The lowest BCUT2D eigenvalue weighted by atomic mass is 10.3. The summed E-state index contributed by atoms with van der Waals surface area (Å²) < 4.78 is 19.8. The van der Waals surface area contributed by atoms with Crippen molar-refractivity contribution in [3.8, 4) is 0 Å². The molecule has 134 valence electrons. The van der Waals surface area contributed by atoms with Gasteiger partial charge in [0.25, 0.3) is 0 Å². The first kappa shape index (κ1) is 16.4. The summed E-state index contributed by atoms with van der Waals surface area (Å²) in [5, 5.41) is 7.79. The van der Waals surface area contributed by atoms with Gasteiger partial charge in [-0.25, -0.2) is 19.0 Å². The van der Waals surface area contributed by atoms with Gasteiger partial charge in [-0.3, -0.25) is 4.79 Å². The lowest BCUT2D eigenvalue weighted by molar-refractivity contribution is -0.116. The number of hydrogen-bond donors (Lipinski definition) is 1. The van der Waals surface area contributed by atoms with E-state index in [4.69, 9.17) is 4.74 Å². The molecule has 3 aromatic rings. The van der Waals surface area contributed by atoms with E-state index in [9.17, 15) is 9.18 Å². The molecule has 8 nitrogen and oxygen atoms in total. The van der Waals surface area contributed by atoms with Crippen LogP contribution in [0.4, 0.5) is 15.9 Å². The molecular formula is C17H17FN6O2. The van der Waals surface area contributed by atoms with Gasteiger partial charge in [-0.2, -0.15) is 5.10 Å². The first-order valence-corrected chi connectivity index (χ1v) is 8.25. The van der Waals surface area contributed by atoms with Crippen molar-refractivity contribution in [3.05, 3.63) is 42.6 Å². The van der Waals surface area contributed by atoms with Gasteiger partial charge in [-0.15, -0.1) is 0 Å². The minimum absolute atomic E-state index is 0.000437. The number of fused-ring (bicyclic) bond motifs is 1. The molecular weight excluding hydrogens is 339 g/mol. The van der Waals surface area contributed by atoms with Crippen LogP contribution in [0.5, 0.6) is 0 Å². The Morgan fingerprint density at radius 3 is 2.73 bits per heavy atom. The Balaban J connectivity index is 1.53. The third-order valence-electron chi connectivity index (χ3n) is 4.14. The van der Waals surface area contributed by atoms with E-state index in [-0.39, 0.29) is 18.3 Å². The van der Waals surface area contributed by atoms with Crippen LogP contribution in [0.1, 0.15) is 0 Å². The molecule has 1 aliphatic rings. The summed E-state index contributed by atoms with van der Waals surface area (Å²) in [5.41, 5.74) is 1.12. The Hall–Kier alpha value is -3.07. The lowest BCUT2D eigenvalue weighted by Crippen LogP contribution is -2.36. The second-order valence-electron chi connectivity index (χ2n) is 5.89. The van der Waals surface area contributed by atoms with Gasteiger partial charge >= 0.3 is 0 Å². The average molecular weight is 356 g/mol. The number of halogens is 1. The fraction of sp³-hybridized carbons (Fsp3) is 0.294. The van der Waals surface area contributed by atoms with E-state index < -0.39 is 0 Å². The Labute approximate surface area is 148 Å². The Morgan fingerprint density at radius 1 is 1.19 bits per heavy atom. The van der Waals surface area contributed by atoms with Crippen molar-refractivity contribution in [2.24, 2.45) is 0 Å². The summed E-state index contributed by atoms with van der Waals surface area (Å²) in [4.78, 5) is 23.0. The SMILES string of the molecule is O=C(Cn1ncc2c(N3CCOCC3)ncnc21)Nc1ccc(F)cc1. The Kier molecular flexibility index (Phi) is 4.44. The molecule has 0 radical (unpaired) electrons. The summed E-state index contributed by atoms with van der Waals surface area (Å²) in [6, 6.07) is 5.60. The van der Waals surface area contributed by atoms with Crippen molar-refractivity contribution < 1.29 is 13.9 Å². The molecule has 0 atom stereocenters. The van der Waals surface area contributed by atoms with Gasteiger partial charge in [-0.05, 0) is 24.3 Å². The third-order valence-corrected chi connectivity index (χ3v) is 4.14. The number of benzene rings is 1. The van der Waals surface area contributed by atoms with Crippen LogP contribution in [0, 0.1) is 5.82 Å². The molecule has 1 amide bonds. The molecule has 0 spiro atoms. The molecule has 0 saturated carbocycles. The average Bonchev–Trinajstić information content (AvgIpc) is 3.07. The quantitative estimate of drug-likeness (QED) is 0.761. The highest BCUT2D eigenvalue weighted by atomic mass is 19.1. The minimum Gasteiger partial charge on any atom is -0.378 e. The highest BCUT2D eigenvalue weighted by Crippen LogP contribution is 2.23. The number of carbonyl (C=O) groups is 1. The van der Waals surface area contributed by atoms with Crippen molar-refractivity contribution >= 4 is 28.4 Å². The molecule has 2 aromatic heterocycles. The Morgan fingerprint density at radius 2 is 1.96 bits per heavy atom. The van der Waals surface area contributed by atoms with E-state index in [1.807, 2.05) is 0 Å². The summed E-state index contributed by atoms with van der Waals surface area (Å²) in [7, 11) is 0. The summed E-state index contributed by atoms with van der Waals surface area (Å²) in [6.07, 6.45) is 3.15. The van der Waals surface area contributed by atoms with Gasteiger partial charge in [0.1, 0.15) is 24.5 Å². The zero-order valence-electron chi connectivity index (χ0n) is 13.9. The number of ether oxygens (including phenoxy) is 1. The molecule has 1 N–H and O–H groups in total. The maximum Gasteiger partial charge on any atom is 0.246 e. The van der Waals surface area contributed by atoms with Gasteiger partial charge in [0.2, 0.25) is 5.91 Å². The Bertz CT molecular complexity index is 921. The maximum atomic E-state index is 12.9. The molecule has 0 bridgehead atoms. The van der Waals surface area contributed by atoms with Crippen molar-refractivity contribution in [1.29, 1.82) is 0 Å². The minimum atomic E-state index is -0.353. The van der Waals surface area contributed by atoms with Gasteiger partial charge < -0.3 is 15.0 Å². The number of aromatic nitrogens is 4. The predicted molar refractivity (Wildman–Crippen MR) is 93.4 cm³/mol. The van der Waals surface area contributed by atoms with Crippen LogP contribution < -0.4 is 10.2 Å². The first-order chi connectivity index (χ1) is 12.7. The van der Waals surface area contributed by atoms with E-state index in [1.54, 1.807) is 6.20 Å². The lowest BCUT2D eigenvalue weighted by Gasteiger charge is -2.27. The predicted octanol–water partition coefficient (Wildman–Crippen LogP) is 1.44. The third kappa shape index (κ3) is 3.33. The van der Waals surface area contributed by atoms with E-state index in [1.165, 1.54) is 35.3 Å². The largest absolute Gasteiger partial charge is 0.378 e. The van der Waals surface area contributed by atoms with Crippen molar-refractivity contribution in [2.45, 2.75) is 6.54 Å². The van der Waals surface area contributed by atoms with Crippen molar-refractivity contribution in [1.82, 2.24) is 19.7 Å². The molecule has 1 saturated heterocycles. The van der Waals surface area contributed by atoms with Crippen LogP contribution in [-0.2, 0) is 16.1 Å². The number of carbonyl (C=O) groups excluding carboxylic acids is 1. The molecule has 0 aliphatic carbocycles. The fourth-order valence-electron chi connectivity index (χ4n) is 2.89. The van der Waals surface area contributed by atoms with Crippen molar-refractivity contribution in [2.75, 3.05) is 36.5 Å². The van der Waals surface area contributed by atoms with E-state index in [0.29, 0.717) is 24.5 Å². The zero-order chi connectivity index (χ0) is 17.9. The summed E-state index contributed by atoms with van der Waals surface area (Å²) >= 11 is 0. The molecule has 1 aromatic carbocycles. The van der Waals surface area contributed by atoms with Crippen LogP contribution in [0.15, 0.2) is 36.8 Å². The first-order valence-electron chi connectivity index (χ1n) is 8.25. The van der Waals surface area contributed by atoms with E-state index in [0.717, 1.165) is 24.3 Å². The maximum absolute atomic E-state index is 12.9. The number of rotatable bonds is 4. The standard InChI is InChI=1S/C17H17FN6O2/c18-12-1-3-13(4-2-12)22-15(25)10-24-17-14(9-21-24)16(19-11-20-17)23-5-7-26-8-6-23/h1-4,9,11H,5-8,10H2,(H,22,25). The van der Waals surface area contributed by atoms with E-state index in [2.05, 4.69) is 25.3 Å². The topological polar surface area (TPSA) is 85.2 Å². The second kappa shape index (κ2) is 7.04. The van der Waals surface area contributed by atoms with Gasteiger partial charge in [0.15, 0.2) is 5.65 Å². The fourth-order valence-corrected chi connectivity index (χ4v) is 2.89. The second-order valence-corrected chi connectivity index (χ2v) is 5.89. The molecule has 26 heavy (non-hydrogen) atoms. The summed E-state index contributed by atoms with van der Waals surface area (Å²) in [5.74, 6) is 0.171. The van der Waals surface area contributed by atoms with Crippen LogP contribution in [-0.4, -0.2) is 52.0 Å². The van der Waals surface area contributed by atoms with Gasteiger partial charge in [0.05, 0.1) is 24.8 Å². The number of nitrogens with one attached hydrogen (secondary N) is 1. The van der Waals surface area contributed by atoms with Crippen LogP contribution in [0.2, 0.25) is 0 Å². The molecule has 0 unspecified atom stereocenters. The van der Waals surface area contributed by atoms with Crippen LogP contribution >= 0.6 is 0 Å². The van der Waals surface area contributed by atoms with Crippen LogP contribution in [0.25, 0.3) is 11.0 Å². The molecule has 1 aliphatic heterocycles. The molecule has 3 heterocycles. The molecule has 4 rings (SSSR count). The highest BCUT2D eigenvalue weighted by molar-refractivity contribution is 5.92. The number of hydrogen-bond acceptors (Lipinski definition) is 6. The van der Waals surface area contributed by atoms with Gasteiger partial charge in [-0.1, -0.05) is 0 Å². The normalized spacial score (nSPS) is 14.6. The zero-order valence-corrected chi connectivity index (χ0v) is 13.9. The van der Waals surface area contributed by atoms with Crippen molar-refractivity contribution in [3.63, 3.8) is 0 Å². The van der Waals surface area contributed by atoms with Gasteiger partial charge in [0, 0.05) is 18.8 Å². The van der Waals surface area contributed by atoms with Crippen LogP contribution in [0.3, 0.4) is 0 Å². The monoisotopic (exact) mass is 356 g/mol. The number of morpholine rings is 1.